The standard InChI is InChI=1S/C11H10F5NO3/c12-10(13,14)11(15,16)20-7-3-1-6(2-4-7)5-8(17)9(18)19/h1-4,8H,5,17H2,(H,18,19)/t8-/m0/s1. The van der Waals surface area contributed by atoms with Crippen LogP contribution in [-0.4, -0.2) is 24.3 Å². The quantitative estimate of drug-likeness (QED) is 0.785. The van der Waals surface area contributed by atoms with Gasteiger partial charge in [-0.05, 0) is 17.7 Å². The number of aliphatic carboxylic acids is 1. The minimum Gasteiger partial charge on any atom is -0.544 e. The molecule has 1 aromatic rings. The number of ether oxygens (including phenoxy) is 1. The fraction of sp³-hybridized carbons (Fsp3) is 0.364. The van der Waals surface area contributed by atoms with E-state index in [9.17, 15) is 31.9 Å². The number of benzene rings is 1. The minimum absolute atomic E-state index is 0.0434. The lowest BCUT2D eigenvalue weighted by molar-refractivity contribution is -0.437. The lowest BCUT2D eigenvalue weighted by atomic mass is 10.1. The van der Waals surface area contributed by atoms with Gasteiger partial charge in [-0.1, -0.05) is 12.1 Å². The van der Waals surface area contributed by atoms with Crippen molar-refractivity contribution in [1.82, 2.24) is 0 Å². The lowest BCUT2D eigenvalue weighted by Crippen LogP contribution is -2.69. The molecule has 0 radical (unpaired) electrons. The van der Waals surface area contributed by atoms with Gasteiger partial charge in [-0.15, -0.1) is 0 Å². The minimum atomic E-state index is -5.82. The third-order valence-corrected chi connectivity index (χ3v) is 2.31. The van der Waals surface area contributed by atoms with Crippen LogP contribution in [0.5, 0.6) is 5.75 Å². The van der Waals surface area contributed by atoms with Gasteiger partial charge in [-0.25, -0.2) is 0 Å². The predicted octanol–water partition coefficient (Wildman–Crippen LogP) is 0.123. The zero-order chi connectivity index (χ0) is 15.6. The average molecular weight is 299 g/mol. The molecule has 0 aliphatic heterocycles. The summed E-state index contributed by atoms with van der Waals surface area (Å²) in [6, 6.07) is 3.05. The molecule has 0 aromatic heterocycles. The van der Waals surface area contributed by atoms with E-state index < -0.39 is 30.0 Å². The first-order valence-electron chi connectivity index (χ1n) is 5.29. The summed E-state index contributed by atoms with van der Waals surface area (Å²) >= 11 is 0. The van der Waals surface area contributed by atoms with Crippen molar-refractivity contribution in [2.75, 3.05) is 0 Å². The monoisotopic (exact) mass is 299 g/mol. The number of hydrogen-bond acceptors (Lipinski definition) is 3. The molecular weight excluding hydrogens is 289 g/mol. The van der Waals surface area contributed by atoms with Crippen LogP contribution < -0.4 is 15.6 Å². The van der Waals surface area contributed by atoms with Crippen LogP contribution in [0.25, 0.3) is 0 Å². The van der Waals surface area contributed by atoms with Gasteiger partial charge >= 0.3 is 12.3 Å². The first-order chi connectivity index (χ1) is 9.03. The van der Waals surface area contributed by atoms with Crippen molar-refractivity contribution in [2.45, 2.75) is 24.7 Å². The molecule has 0 amide bonds. The van der Waals surface area contributed by atoms with Crippen LogP contribution in [0.3, 0.4) is 0 Å². The number of carboxylic acids is 1. The molecule has 1 aromatic carbocycles. The highest BCUT2D eigenvalue weighted by molar-refractivity contribution is 5.69. The first-order valence-corrected chi connectivity index (χ1v) is 5.29. The van der Waals surface area contributed by atoms with Crippen molar-refractivity contribution < 1.29 is 42.3 Å². The third-order valence-electron chi connectivity index (χ3n) is 2.31. The Balaban J connectivity index is 2.75. The van der Waals surface area contributed by atoms with Gasteiger partial charge in [0.15, 0.2) is 0 Å². The van der Waals surface area contributed by atoms with Crippen molar-refractivity contribution in [3.05, 3.63) is 29.8 Å². The van der Waals surface area contributed by atoms with E-state index in [0.29, 0.717) is 5.56 Å². The number of hydrogen-bond donors (Lipinski definition) is 1. The van der Waals surface area contributed by atoms with Crippen molar-refractivity contribution in [3.63, 3.8) is 0 Å². The smallest absolute Gasteiger partial charge is 0.499 e. The van der Waals surface area contributed by atoms with Crippen LogP contribution in [0.4, 0.5) is 22.0 Å². The van der Waals surface area contributed by atoms with Crippen LogP contribution in [0.2, 0.25) is 0 Å². The van der Waals surface area contributed by atoms with E-state index in [1.807, 2.05) is 0 Å². The molecule has 112 valence electrons. The topological polar surface area (TPSA) is 77.0 Å². The predicted molar refractivity (Wildman–Crippen MR) is 53.5 cm³/mol. The van der Waals surface area contributed by atoms with Crippen LogP contribution in [0.1, 0.15) is 5.56 Å². The summed E-state index contributed by atoms with van der Waals surface area (Å²) in [6.45, 7) is 0. The Morgan fingerprint density at radius 3 is 2.10 bits per heavy atom. The normalized spacial score (nSPS) is 13.9. The molecule has 0 aliphatic rings. The maximum absolute atomic E-state index is 12.6. The van der Waals surface area contributed by atoms with Crippen LogP contribution >= 0.6 is 0 Å². The summed E-state index contributed by atoms with van der Waals surface area (Å²) in [7, 11) is 0. The van der Waals surface area contributed by atoms with E-state index in [2.05, 4.69) is 10.5 Å². The number of alkyl halides is 5. The molecule has 0 saturated carbocycles. The molecule has 20 heavy (non-hydrogen) atoms. The molecule has 0 aliphatic carbocycles. The number of quaternary nitrogens is 1. The van der Waals surface area contributed by atoms with E-state index in [1.165, 1.54) is 12.1 Å². The summed E-state index contributed by atoms with van der Waals surface area (Å²) in [5, 5.41) is 10.4. The van der Waals surface area contributed by atoms with Crippen molar-refractivity contribution in [2.24, 2.45) is 0 Å². The van der Waals surface area contributed by atoms with Crippen molar-refractivity contribution in [3.8, 4) is 5.75 Å². The summed E-state index contributed by atoms with van der Waals surface area (Å²) in [5.74, 6) is -2.08. The van der Waals surface area contributed by atoms with E-state index in [-0.39, 0.29) is 6.42 Å². The zero-order valence-electron chi connectivity index (χ0n) is 9.92. The Labute approximate surface area is 109 Å². The Hall–Kier alpha value is -1.90. The van der Waals surface area contributed by atoms with E-state index in [4.69, 9.17) is 0 Å². The molecule has 1 rings (SSSR count). The number of carboxylic acid groups (broad SMARTS) is 1. The fourth-order valence-electron chi connectivity index (χ4n) is 1.27. The Morgan fingerprint density at radius 1 is 1.20 bits per heavy atom. The SMILES string of the molecule is [NH3+][C@@H](Cc1ccc(OC(F)(F)C(F)(F)F)cc1)C(=O)[O-]. The van der Waals surface area contributed by atoms with E-state index in [0.717, 1.165) is 12.1 Å². The second kappa shape index (κ2) is 5.61. The fourth-order valence-corrected chi connectivity index (χ4v) is 1.27. The lowest BCUT2D eigenvalue weighted by Gasteiger charge is -2.20. The molecule has 9 heteroatoms. The molecule has 0 bridgehead atoms. The number of carbonyl (C=O) groups excluding carboxylic acids is 1. The molecule has 0 spiro atoms. The molecule has 1 atom stereocenters. The third kappa shape index (κ3) is 4.05. The highest BCUT2D eigenvalue weighted by atomic mass is 19.4. The Bertz CT molecular complexity index is 472. The van der Waals surface area contributed by atoms with Gasteiger partial charge in [0.25, 0.3) is 0 Å². The number of rotatable bonds is 5. The van der Waals surface area contributed by atoms with Gasteiger partial charge in [-0.3, -0.25) is 0 Å². The Morgan fingerprint density at radius 2 is 1.70 bits per heavy atom. The van der Waals surface area contributed by atoms with Gasteiger partial charge in [0.2, 0.25) is 0 Å². The molecule has 4 nitrogen and oxygen atoms in total. The summed E-state index contributed by atoms with van der Waals surface area (Å²) in [4.78, 5) is 10.4. The summed E-state index contributed by atoms with van der Waals surface area (Å²) < 4.78 is 64.5. The molecular formula is C11H10F5NO3. The van der Waals surface area contributed by atoms with Gasteiger partial charge in [0.1, 0.15) is 11.8 Å². The van der Waals surface area contributed by atoms with Crippen molar-refractivity contribution in [1.29, 1.82) is 0 Å². The molecule has 0 heterocycles. The molecule has 0 unspecified atom stereocenters. The highest BCUT2D eigenvalue weighted by Crippen LogP contribution is 2.37. The van der Waals surface area contributed by atoms with Gasteiger partial charge in [0, 0.05) is 6.42 Å². The van der Waals surface area contributed by atoms with Gasteiger partial charge in [0.05, 0.1) is 5.97 Å². The van der Waals surface area contributed by atoms with E-state index in [1.54, 1.807) is 0 Å². The zero-order valence-corrected chi connectivity index (χ0v) is 9.92. The average Bonchev–Trinajstić information content (AvgIpc) is 2.29. The van der Waals surface area contributed by atoms with Crippen molar-refractivity contribution >= 4 is 5.97 Å². The number of carbonyl (C=O) groups is 1. The van der Waals surface area contributed by atoms with Gasteiger partial charge in [-0.2, -0.15) is 22.0 Å². The first kappa shape index (κ1) is 16.2. The largest absolute Gasteiger partial charge is 0.544 e. The summed E-state index contributed by atoms with van der Waals surface area (Å²) in [6.07, 6.45) is -11.2. The highest BCUT2D eigenvalue weighted by Gasteiger charge is 2.61. The second-order valence-corrected chi connectivity index (χ2v) is 3.98. The van der Waals surface area contributed by atoms with E-state index >= 15 is 0 Å². The number of halogens is 5. The summed E-state index contributed by atoms with van der Waals surface area (Å²) in [5.41, 5.74) is 3.67. The Kier molecular flexibility index (Phi) is 4.53. The van der Waals surface area contributed by atoms with Gasteiger partial charge < -0.3 is 20.4 Å². The van der Waals surface area contributed by atoms with Crippen LogP contribution in [-0.2, 0) is 11.2 Å². The molecule has 0 saturated heterocycles. The molecule has 0 fully saturated rings. The van der Waals surface area contributed by atoms with Crippen LogP contribution in [0, 0.1) is 0 Å². The van der Waals surface area contributed by atoms with Crippen LogP contribution in [0.15, 0.2) is 24.3 Å². The second-order valence-electron chi connectivity index (χ2n) is 3.98. The maximum atomic E-state index is 12.6. The maximum Gasteiger partial charge on any atom is 0.499 e. The molecule has 3 N–H and O–H groups in total.